The van der Waals surface area contributed by atoms with Gasteiger partial charge in [0.05, 0.1) is 0 Å². The lowest BCUT2D eigenvalue weighted by Gasteiger charge is -2.29. The van der Waals surface area contributed by atoms with Gasteiger partial charge in [0.15, 0.2) is 5.65 Å². The molecule has 0 saturated carbocycles. The zero-order valence-corrected chi connectivity index (χ0v) is 10.9. The molecule has 3 N–H and O–H groups in total. The molecule has 102 valence electrons. The molecule has 0 radical (unpaired) electrons. The van der Waals surface area contributed by atoms with Crippen molar-refractivity contribution in [3.63, 3.8) is 0 Å². The molecule has 3 heterocycles. The standard InChI is InChI=1S/C12H18N6O/c1-8(9-3-2-4-13-6-9)15-10-5-11-16-17-12(19)18(11)7-14-10/h5,7-9,13,15H,2-4,6H2,1H3,(H,17,19). The van der Waals surface area contributed by atoms with Gasteiger partial charge in [-0.15, -0.1) is 0 Å². The maximum absolute atomic E-state index is 11.3. The zero-order chi connectivity index (χ0) is 13.2. The number of fused-ring (bicyclic) bond motifs is 1. The van der Waals surface area contributed by atoms with Gasteiger partial charge in [0.1, 0.15) is 12.1 Å². The molecule has 0 aromatic carbocycles. The largest absolute Gasteiger partial charge is 0.367 e. The Morgan fingerprint density at radius 1 is 1.58 bits per heavy atom. The third-order valence-electron chi connectivity index (χ3n) is 3.73. The lowest BCUT2D eigenvalue weighted by Crippen LogP contribution is -2.38. The third kappa shape index (κ3) is 2.46. The van der Waals surface area contributed by atoms with Crippen LogP contribution in [0, 0.1) is 5.92 Å². The maximum atomic E-state index is 11.3. The van der Waals surface area contributed by atoms with E-state index in [9.17, 15) is 4.79 Å². The third-order valence-corrected chi connectivity index (χ3v) is 3.73. The molecule has 2 aromatic heterocycles. The molecule has 0 amide bonds. The maximum Gasteiger partial charge on any atom is 0.348 e. The van der Waals surface area contributed by atoms with Crippen LogP contribution in [0.1, 0.15) is 19.8 Å². The van der Waals surface area contributed by atoms with Crippen LogP contribution in [0.2, 0.25) is 0 Å². The minimum atomic E-state index is -0.265. The highest BCUT2D eigenvalue weighted by molar-refractivity contribution is 5.48. The van der Waals surface area contributed by atoms with Gasteiger partial charge < -0.3 is 10.6 Å². The molecule has 1 fully saturated rings. The lowest BCUT2D eigenvalue weighted by molar-refractivity contribution is 0.346. The second-order valence-electron chi connectivity index (χ2n) is 5.07. The molecule has 0 aliphatic carbocycles. The lowest BCUT2D eigenvalue weighted by atomic mass is 9.93. The molecule has 1 aliphatic heterocycles. The summed E-state index contributed by atoms with van der Waals surface area (Å²) in [5, 5.41) is 13.1. The van der Waals surface area contributed by atoms with E-state index in [4.69, 9.17) is 0 Å². The van der Waals surface area contributed by atoms with Crippen LogP contribution in [-0.4, -0.2) is 38.7 Å². The number of anilines is 1. The van der Waals surface area contributed by atoms with Gasteiger partial charge in [0, 0.05) is 12.1 Å². The Hall–Kier alpha value is -1.89. The van der Waals surface area contributed by atoms with Crippen LogP contribution in [0.4, 0.5) is 5.82 Å². The first-order valence-electron chi connectivity index (χ1n) is 6.64. The summed E-state index contributed by atoms with van der Waals surface area (Å²) in [5.41, 5.74) is 0.315. The highest BCUT2D eigenvalue weighted by Crippen LogP contribution is 2.17. The van der Waals surface area contributed by atoms with Crippen LogP contribution in [0.25, 0.3) is 5.65 Å². The van der Waals surface area contributed by atoms with Gasteiger partial charge in [-0.05, 0) is 38.8 Å². The highest BCUT2D eigenvalue weighted by atomic mass is 16.1. The predicted octanol–water partition coefficient (Wildman–Crippen LogP) is 0.218. The summed E-state index contributed by atoms with van der Waals surface area (Å²) >= 11 is 0. The smallest absolute Gasteiger partial charge is 0.348 e. The molecule has 7 nitrogen and oxygen atoms in total. The fraction of sp³-hybridized carbons (Fsp3) is 0.583. The van der Waals surface area contributed by atoms with Gasteiger partial charge in [-0.1, -0.05) is 0 Å². The summed E-state index contributed by atoms with van der Waals surface area (Å²) in [4.78, 5) is 15.6. The number of hydrogen-bond acceptors (Lipinski definition) is 5. The molecule has 0 bridgehead atoms. The van der Waals surface area contributed by atoms with E-state index in [1.165, 1.54) is 23.6 Å². The van der Waals surface area contributed by atoms with Gasteiger partial charge in [0.2, 0.25) is 0 Å². The average Bonchev–Trinajstić information content (AvgIpc) is 2.81. The van der Waals surface area contributed by atoms with Crippen molar-refractivity contribution in [3.05, 3.63) is 22.9 Å². The van der Waals surface area contributed by atoms with E-state index >= 15 is 0 Å². The van der Waals surface area contributed by atoms with E-state index in [0.717, 1.165) is 18.9 Å². The summed E-state index contributed by atoms with van der Waals surface area (Å²) in [7, 11) is 0. The van der Waals surface area contributed by atoms with Crippen molar-refractivity contribution in [2.75, 3.05) is 18.4 Å². The molecule has 2 atom stereocenters. The number of nitrogens with one attached hydrogen (secondary N) is 3. The van der Waals surface area contributed by atoms with Gasteiger partial charge in [0.25, 0.3) is 0 Å². The van der Waals surface area contributed by atoms with Crippen LogP contribution in [0.15, 0.2) is 17.2 Å². The molecule has 1 saturated heterocycles. The minimum Gasteiger partial charge on any atom is -0.367 e. The summed E-state index contributed by atoms with van der Waals surface area (Å²) in [5.74, 6) is 1.36. The van der Waals surface area contributed by atoms with Crippen LogP contribution >= 0.6 is 0 Å². The SMILES string of the molecule is CC(Nc1cc2n[nH]c(=O)n2cn1)C1CCCNC1. The van der Waals surface area contributed by atoms with Crippen molar-refractivity contribution in [1.29, 1.82) is 0 Å². The summed E-state index contributed by atoms with van der Waals surface area (Å²) in [6, 6.07) is 2.12. The van der Waals surface area contributed by atoms with Crippen LogP contribution in [0.5, 0.6) is 0 Å². The first kappa shape index (κ1) is 12.2. The fourth-order valence-corrected chi connectivity index (χ4v) is 2.55. The van der Waals surface area contributed by atoms with Crippen molar-refractivity contribution in [1.82, 2.24) is 24.9 Å². The van der Waals surface area contributed by atoms with E-state index in [2.05, 4.69) is 32.7 Å². The van der Waals surface area contributed by atoms with Gasteiger partial charge >= 0.3 is 5.69 Å². The van der Waals surface area contributed by atoms with Crippen molar-refractivity contribution in [2.24, 2.45) is 5.92 Å². The molecule has 0 spiro atoms. The highest BCUT2D eigenvalue weighted by Gasteiger charge is 2.20. The normalized spacial score (nSPS) is 21.4. The quantitative estimate of drug-likeness (QED) is 0.736. The molecule has 2 aromatic rings. The van der Waals surface area contributed by atoms with Crippen molar-refractivity contribution < 1.29 is 0 Å². The number of piperidine rings is 1. The number of rotatable bonds is 3. The van der Waals surface area contributed by atoms with Crippen molar-refractivity contribution >= 4 is 11.5 Å². The van der Waals surface area contributed by atoms with Crippen LogP contribution in [0.3, 0.4) is 0 Å². The second kappa shape index (κ2) is 5.00. The van der Waals surface area contributed by atoms with Crippen LogP contribution < -0.4 is 16.3 Å². The van der Waals surface area contributed by atoms with E-state index in [0.29, 0.717) is 17.6 Å². The Balaban J connectivity index is 1.75. The Morgan fingerprint density at radius 3 is 3.26 bits per heavy atom. The van der Waals surface area contributed by atoms with Crippen molar-refractivity contribution in [2.45, 2.75) is 25.8 Å². The summed E-state index contributed by atoms with van der Waals surface area (Å²) < 4.78 is 1.39. The number of aromatic nitrogens is 4. The predicted molar refractivity (Wildman–Crippen MR) is 72.3 cm³/mol. The Bertz CT molecular complexity index is 612. The average molecular weight is 262 g/mol. The first-order valence-corrected chi connectivity index (χ1v) is 6.64. The number of H-pyrrole nitrogens is 1. The zero-order valence-electron chi connectivity index (χ0n) is 10.9. The summed E-state index contributed by atoms with van der Waals surface area (Å²) in [6.45, 7) is 4.32. The van der Waals surface area contributed by atoms with E-state index in [1.807, 2.05) is 0 Å². The Morgan fingerprint density at radius 2 is 2.47 bits per heavy atom. The molecular formula is C12H18N6O. The molecule has 7 heteroatoms. The molecular weight excluding hydrogens is 244 g/mol. The van der Waals surface area contributed by atoms with Gasteiger partial charge in [-0.2, -0.15) is 5.10 Å². The molecule has 1 aliphatic rings. The van der Waals surface area contributed by atoms with E-state index < -0.39 is 0 Å². The number of hydrogen-bond donors (Lipinski definition) is 3. The number of aromatic amines is 1. The van der Waals surface area contributed by atoms with Gasteiger partial charge in [-0.3, -0.25) is 0 Å². The fourth-order valence-electron chi connectivity index (χ4n) is 2.55. The molecule has 3 rings (SSSR count). The van der Waals surface area contributed by atoms with Crippen molar-refractivity contribution in [3.8, 4) is 0 Å². The van der Waals surface area contributed by atoms with E-state index in [-0.39, 0.29) is 5.69 Å². The Labute approximate surface area is 110 Å². The van der Waals surface area contributed by atoms with Crippen LogP contribution in [-0.2, 0) is 0 Å². The van der Waals surface area contributed by atoms with E-state index in [1.54, 1.807) is 6.07 Å². The molecule has 19 heavy (non-hydrogen) atoms. The molecule has 2 unspecified atom stereocenters. The monoisotopic (exact) mass is 262 g/mol. The summed E-state index contributed by atoms with van der Waals surface area (Å²) in [6.07, 6.45) is 3.94. The topological polar surface area (TPSA) is 87.1 Å². The minimum absolute atomic E-state index is 0.265. The first-order chi connectivity index (χ1) is 9.24. The number of nitrogens with zero attached hydrogens (tertiary/aromatic N) is 3. The second-order valence-corrected chi connectivity index (χ2v) is 5.07. The van der Waals surface area contributed by atoms with Gasteiger partial charge in [-0.25, -0.2) is 19.3 Å². The Kier molecular flexibility index (Phi) is 3.20.